The van der Waals surface area contributed by atoms with E-state index in [1.54, 1.807) is 12.1 Å². The number of nitrogens with one attached hydrogen (secondary N) is 1. The van der Waals surface area contributed by atoms with Crippen LogP contribution < -0.4 is 5.32 Å². The van der Waals surface area contributed by atoms with Crippen LogP contribution in [0.3, 0.4) is 0 Å². The molecular formula is C14H18FNO2. The van der Waals surface area contributed by atoms with Gasteiger partial charge in [-0.05, 0) is 43.4 Å². The molecule has 0 heterocycles. The average molecular weight is 251 g/mol. The molecule has 0 bridgehead atoms. The molecule has 0 radical (unpaired) electrons. The van der Waals surface area contributed by atoms with E-state index in [9.17, 15) is 14.3 Å². The first-order valence-corrected chi connectivity index (χ1v) is 6.30. The Hall–Kier alpha value is -1.42. The molecule has 2 unspecified atom stereocenters. The highest BCUT2D eigenvalue weighted by Crippen LogP contribution is 2.38. The zero-order chi connectivity index (χ0) is 13.3. The first-order valence-electron chi connectivity index (χ1n) is 6.30. The first-order chi connectivity index (χ1) is 8.51. The smallest absolute Gasteiger partial charge is 0.328 e. The van der Waals surface area contributed by atoms with Gasteiger partial charge in [0.15, 0.2) is 0 Å². The summed E-state index contributed by atoms with van der Waals surface area (Å²) < 4.78 is 13.7. The van der Waals surface area contributed by atoms with E-state index in [1.807, 2.05) is 13.8 Å². The molecule has 0 spiro atoms. The highest BCUT2D eigenvalue weighted by atomic mass is 19.1. The van der Waals surface area contributed by atoms with Crippen LogP contribution >= 0.6 is 0 Å². The van der Waals surface area contributed by atoms with Crippen LogP contribution in [0.15, 0.2) is 18.2 Å². The van der Waals surface area contributed by atoms with Crippen molar-refractivity contribution < 1.29 is 14.3 Å². The summed E-state index contributed by atoms with van der Waals surface area (Å²) in [5.74, 6) is -1.23. The number of carbonyl (C=O) groups is 1. The Labute approximate surface area is 106 Å². The van der Waals surface area contributed by atoms with Gasteiger partial charge in [-0.3, -0.25) is 5.32 Å². The largest absolute Gasteiger partial charge is 0.480 e. The molecule has 1 aliphatic rings. The molecule has 18 heavy (non-hydrogen) atoms. The van der Waals surface area contributed by atoms with E-state index in [4.69, 9.17) is 0 Å². The first kappa shape index (κ1) is 13.0. The van der Waals surface area contributed by atoms with Gasteiger partial charge in [0.2, 0.25) is 0 Å². The predicted octanol–water partition coefficient (Wildman–Crippen LogP) is 2.44. The number of benzene rings is 1. The Morgan fingerprint density at radius 3 is 2.94 bits per heavy atom. The van der Waals surface area contributed by atoms with E-state index < -0.39 is 11.5 Å². The van der Waals surface area contributed by atoms with Gasteiger partial charge in [0.05, 0.1) is 0 Å². The molecule has 0 aromatic heterocycles. The van der Waals surface area contributed by atoms with Gasteiger partial charge in [-0.2, -0.15) is 0 Å². The van der Waals surface area contributed by atoms with Gasteiger partial charge < -0.3 is 5.11 Å². The molecular weight excluding hydrogens is 233 g/mol. The third kappa shape index (κ3) is 1.90. The van der Waals surface area contributed by atoms with Crippen molar-refractivity contribution >= 4 is 5.97 Å². The highest BCUT2D eigenvalue weighted by Gasteiger charge is 2.46. The second-order valence-electron chi connectivity index (χ2n) is 4.93. The van der Waals surface area contributed by atoms with Crippen molar-refractivity contribution in [1.29, 1.82) is 0 Å². The highest BCUT2D eigenvalue weighted by molar-refractivity contribution is 5.82. The normalized spacial score (nSPS) is 23.7. The molecule has 0 aliphatic heterocycles. The predicted molar refractivity (Wildman–Crippen MR) is 66.9 cm³/mol. The number of carboxylic acids is 1. The van der Waals surface area contributed by atoms with Crippen molar-refractivity contribution in [3.05, 3.63) is 35.1 Å². The Morgan fingerprint density at radius 1 is 1.61 bits per heavy atom. The molecule has 1 aromatic carbocycles. The molecule has 2 rings (SSSR count). The standard InChI is InChI=1S/C14H18FNO2/c1-3-9(2)16-14(13(17)18)8-7-10-11(14)5-4-6-12(10)15/h4-6,9,16H,3,7-8H2,1-2H3,(H,17,18). The van der Waals surface area contributed by atoms with Crippen LogP contribution in [0.4, 0.5) is 4.39 Å². The second-order valence-corrected chi connectivity index (χ2v) is 4.93. The molecule has 1 aliphatic carbocycles. The molecule has 3 nitrogen and oxygen atoms in total. The van der Waals surface area contributed by atoms with Crippen LogP contribution in [-0.2, 0) is 16.8 Å². The van der Waals surface area contributed by atoms with E-state index in [-0.39, 0.29) is 11.9 Å². The van der Waals surface area contributed by atoms with Crippen LogP contribution in [0.25, 0.3) is 0 Å². The Balaban J connectivity index is 2.47. The summed E-state index contributed by atoms with van der Waals surface area (Å²) in [4.78, 5) is 11.7. The van der Waals surface area contributed by atoms with Crippen LogP contribution in [0.2, 0.25) is 0 Å². The summed E-state index contributed by atoms with van der Waals surface area (Å²) >= 11 is 0. The van der Waals surface area contributed by atoms with Crippen molar-refractivity contribution in [2.45, 2.75) is 44.7 Å². The van der Waals surface area contributed by atoms with E-state index >= 15 is 0 Å². The molecule has 0 amide bonds. The minimum atomic E-state index is -1.13. The molecule has 0 saturated heterocycles. The number of rotatable bonds is 4. The lowest BCUT2D eigenvalue weighted by Crippen LogP contribution is -2.51. The maximum Gasteiger partial charge on any atom is 0.328 e. The van der Waals surface area contributed by atoms with Gasteiger partial charge in [-0.1, -0.05) is 19.1 Å². The Morgan fingerprint density at radius 2 is 2.33 bits per heavy atom. The number of hydrogen-bond donors (Lipinski definition) is 2. The Kier molecular flexibility index (Phi) is 3.39. The van der Waals surface area contributed by atoms with E-state index in [0.717, 1.165) is 6.42 Å². The van der Waals surface area contributed by atoms with Gasteiger partial charge in [0.1, 0.15) is 11.4 Å². The number of hydrogen-bond acceptors (Lipinski definition) is 2. The average Bonchev–Trinajstić information content (AvgIpc) is 2.71. The zero-order valence-electron chi connectivity index (χ0n) is 10.7. The molecule has 1 aromatic rings. The SMILES string of the molecule is CCC(C)NC1(C(=O)O)CCc2c(F)cccc21. The van der Waals surface area contributed by atoms with Crippen LogP contribution in [-0.4, -0.2) is 17.1 Å². The van der Waals surface area contributed by atoms with Crippen LogP contribution in [0, 0.1) is 5.82 Å². The number of aliphatic carboxylic acids is 1. The molecule has 0 fully saturated rings. The zero-order valence-corrected chi connectivity index (χ0v) is 10.7. The van der Waals surface area contributed by atoms with Crippen molar-refractivity contribution in [1.82, 2.24) is 5.32 Å². The Bertz CT molecular complexity index is 475. The number of fused-ring (bicyclic) bond motifs is 1. The van der Waals surface area contributed by atoms with Gasteiger partial charge in [0, 0.05) is 6.04 Å². The monoisotopic (exact) mass is 251 g/mol. The second kappa shape index (κ2) is 4.69. The third-order valence-corrected chi connectivity index (χ3v) is 3.80. The third-order valence-electron chi connectivity index (χ3n) is 3.80. The van der Waals surface area contributed by atoms with Crippen molar-refractivity contribution in [3.63, 3.8) is 0 Å². The molecule has 0 saturated carbocycles. The van der Waals surface area contributed by atoms with Crippen molar-refractivity contribution in [2.24, 2.45) is 0 Å². The summed E-state index contributed by atoms with van der Waals surface area (Å²) in [5.41, 5.74) is -0.0154. The van der Waals surface area contributed by atoms with Gasteiger partial charge >= 0.3 is 5.97 Å². The molecule has 2 N–H and O–H groups in total. The summed E-state index contributed by atoms with van der Waals surface area (Å²) in [7, 11) is 0. The van der Waals surface area contributed by atoms with Crippen molar-refractivity contribution in [3.8, 4) is 0 Å². The molecule has 4 heteroatoms. The minimum absolute atomic E-state index is 0.0790. The lowest BCUT2D eigenvalue weighted by atomic mass is 9.90. The quantitative estimate of drug-likeness (QED) is 0.864. The van der Waals surface area contributed by atoms with E-state index in [1.165, 1.54) is 6.07 Å². The van der Waals surface area contributed by atoms with Gasteiger partial charge in [-0.15, -0.1) is 0 Å². The maximum absolute atomic E-state index is 13.7. The van der Waals surface area contributed by atoms with Crippen LogP contribution in [0.1, 0.15) is 37.8 Å². The topological polar surface area (TPSA) is 49.3 Å². The summed E-state index contributed by atoms with van der Waals surface area (Å²) in [6, 6.07) is 4.76. The maximum atomic E-state index is 13.7. The molecule has 2 atom stereocenters. The van der Waals surface area contributed by atoms with E-state index in [2.05, 4.69) is 5.32 Å². The number of halogens is 1. The summed E-state index contributed by atoms with van der Waals surface area (Å²) in [5, 5.41) is 12.7. The van der Waals surface area contributed by atoms with E-state index in [0.29, 0.717) is 24.0 Å². The van der Waals surface area contributed by atoms with Crippen LogP contribution in [0.5, 0.6) is 0 Å². The number of carboxylic acid groups (broad SMARTS) is 1. The van der Waals surface area contributed by atoms with Gasteiger partial charge in [0.25, 0.3) is 0 Å². The molecule has 98 valence electrons. The summed E-state index contributed by atoms with van der Waals surface area (Å²) in [6.07, 6.45) is 1.71. The fraction of sp³-hybridized carbons (Fsp3) is 0.500. The fourth-order valence-electron chi connectivity index (χ4n) is 2.62. The summed E-state index contributed by atoms with van der Waals surface area (Å²) in [6.45, 7) is 3.94. The van der Waals surface area contributed by atoms with Gasteiger partial charge in [-0.25, -0.2) is 9.18 Å². The minimum Gasteiger partial charge on any atom is -0.480 e. The van der Waals surface area contributed by atoms with Crippen molar-refractivity contribution in [2.75, 3.05) is 0 Å². The lowest BCUT2D eigenvalue weighted by molar-refractivity contribution is -0.145. The lowest BCUT2D eigenvalue weighted by Gasteiger charge is -2.30. The fourth-order valence-corrected chi connectivity index (χ4v) is 2.62.